The number of benzene rings is 2. The molecule has 0 amide bonds. The van der Waals surface area contributed by atoms with Gasteiger partial charge in [0.1, 0.15) is 18.2 Å². The topological polar surface area (TPSA) is 37.4 Å². The lowest BCUT2D eigenvalue weighted by Gasteiger charge is -2.31. The summed E-state index contributed by atoms with van der Waals surface area (Å²) in [6.07, 6.45) is 1.77. The average molecular weight is 373 g/mol. The second-order valence-electron chi connectivity index (χ2n) is 5.60. The first-order chi connectivity index (χ1) is 12.2. The molecule has 4 rings (SSSR count). The summed E-state index contributed by atoms with van der Waals surface area (Å²) in [6, 6.07) is 11.3. The van der Waals surface area contributed by atoms with Crippen LogP contribution in [-0.4, -0.2) is 18.1 Å². The number of nitrogens with zero attached hydrogens (tertiary/aromatic N) is 2. The Kier molecular flexibility index (Phi) is 4.50. The SMILES string of the molecule is Cc1cc(N2CCOc3cc(SNc4nccs4)ccc32)ccc1F. The van der Waals surface area contributed by atoms with Gasteiger partial charge in [-0.1, -0.05) is 0 Å². The number of hydrogen-bond acceptors (Lipinski definition) is 6. The van der Waals surface area contributed by atoms with Crippen LogP contribution in [0.15, 0.2) is 52.9 Å². The molecular formula is C18H16FN3OS2. The van der Waals surface area contributed by atoms with E-state index in [0.29, 0.717) is 12.2 Å². The van der Waals surface area contributed by atoms with Gasteiger partial charge in [0.05, 0.1) is 12.2 Å². The second-order valence-corrected chi connectivity index (χ2v) is 7.38. The van der Waals surface area contributed by atoms with Gasteiger partial charge in [-0.15, -0.1) is 11.3 Å². The van der Waals surface area contributed by atoms with Crippen LogP contribution in [-0.2, 0) is 0 Å². The summed E-state index contributed by atoms with van der Waals surface area (Å²) >= 11 is 3.06. The van der Waals surface area contributed by atoms with Gasteiger partial charge in [-0.25, -0.2) is 9.37 Å². The third-order valence-electron chi connectivity index (χ3n) is 3.94. The Labute approximate surface area is 153 Å². The van der Waals surface area contributed by atoms with E-state index < -0.39 is 0 Å². The highest BCUT2D eigenvalue weighted by molar-refractivity contribution is 8.00. The number of hydrogen-bond donors (Lipinski definition) is 1. The number of rotatable bonds is 4. The van der Waals surface area contributed by atoms with Crippen LogP contribution in [0.3, 0.4) is 0 Å². The first-order valence-corrected chi connectivity index (χ1v) is 9.53. The fourth-order valence-electron chi connectivity index (χ4n) is 2.71. The van der Waals surface area contributed by atoms with Crippen LogP contribution in [0.4, 0.5) is 20.9 Å². The van der Waals surface area contributed by atoms with E-state index in [9.17, 15) is 4.39 Å². The lowest BCUT2D eigenvalue weighted by molar-refractivity contribution is 0.313. The van der Waals surface area contributed by atoms with Crippen molar-refractivity contribution in [2.75, 3.05) is 22.8 Å². The van der Waals surface area contributed by atoms with E-state index in [-0.39, 0.29) is 5.82 Å². The third-order valence-corrected chi connectivity index (χ3v) is 5.54. The number of nitrogens with one attached hydrogen (secondary N) is 1. The largest absolute Gasteiger partial charge is 0.489 e. The molecule has 25 heavy (non-hydrogen) atoms. The molecule has 0 fully saturated rings. The van der Waals surface area contributed by atoms with Crippen molar-refractivity contribution in [2.24, 2.45) is 0 Å². The lowest BCUT2D eigenvalue weighted by Crippen LogP contribution is -2.28. The Morgan fingerprint density at radius 1 is 1.28 bits per heavy atom. The molecule has 0 atom stereocenters. The predicted molar refractivity (Wildman–Crippen MR) is 102 cm³/mol. The summed E-state index contributed by atoms with van der Waals surface area (Å²) in [7, 11) is 0. The van der Waals surface area contributed by atoms with Gasteiger partial charge in [-0.3, -0.25) is 0 Å². The van der Waals surface area contributed by atoms with Crippen molar-refractivity contribution in [1.29, 1.82) is 0 Å². The highest BCUT2D eigenvalue weighted by atomic mass is 32.2. The van der Waals surface area contributed by atoms with Gasteiger partial charge in [-0.2, -0.15) is 0 Å². The molecule has 1 aromatic heterocycles. The summed E-state index contributed by atoms with van der Waals surface area (Å²) in [6.45, 7) is 3.11. The number of fused-ring (bicyclic) bond motifs is 1. The standard InChI is InChI=1S/C18H16FN3OS2/c1-12-10-13(2-4-15(12)19)22-7-8-23-17-11-14(3-5-16(17)22)25-21-18-20-6-9-24-18/h2-6,9-11H,7-8H2,1H3,(H,20,21). The molecule has 0 unspecified atom stereocenters. The van der Waals surface area contributed by atoms with Gasteiger partial charge >= 0.3 is 0 Å². The zero-order valence-corrected chi connectivity index (χ0v) is 15.2. The highest BCUT2D eigenvalue weighted by Crippen LogP contribution is 2.39. The van der Waals surface area contributed by atoms with Gasteiger partial charge in [0.15, 0.2) is 5.13 Å². The highest BCUT2D eigenvalue weighted by Gasteiger charge is 2.20. The molecule has 1 N–H and O–H groups in total. The van der Waals surface area contributed by atoms with Crippen LogP contribution < -0.4 is 14.4 Å². The number of ether oxygens (including phenoxy) is 1. The quantitative estimate of drug-likeness (QED) is 0.633. The van der Waals surface area contributed by atoms with E-state index in [1.807, 2.05) is 35.7 Å². The Hall–Kier alpha value is -2.25. The van der Waals surface area contributed by atoms with Crippen molar-refractivity contribution in [1.82, 2.24) is 4.98 Å². The minimum absolute atomic E-state index is 0.183. The smallest absolute Gasteiger partial charge is 0.192 e. The fraction of sp³-hybridized carbons (Fsp3) is 0.167. The summed E-state index contributed by atoms with van der Waals surface area (Å²) in [4.78, 5) is 7.41. The van der Waals surface area contributed by atoms with Crippen LogP contribution in [0.25, 0.3) is 0 Å². The van der Waals surface area contributed by atoms with Gasteiger partial charge in [0.2, 0.25) is 0 Å². The molecule has 2 aromatic carbocycles. The molecule has 128 valence electrons. The summed E-state index contributed by atoms with van der Waals surface area (Å²) in [5, 5.41) is 2.80. The normalized spacial score (nSPS) is 13.3. The molecule has 7 heteroatoms. The molecule has 4 nitrogen and oxygen atoms in total. The van der Waals surface area contributed by atoms with Crippen molar-refractivity contribution >= 4 is 39.8 Å². The van der Waals surface area contributed by atoms with Crippen LogP contribution >= 0.6 is 23.3 Å². The lowest BCUT2D eigenvalue weighted by atomic mass is 10.1. The Balaban J connectivity index is 1.58. The molecule has 0 bridgehead atoms. The van der Waals surface area contributed by atoms with E-state index in [1.165, 1.54) is 18.0 Å². The van der Waals surface area contributed by atoms with E-state index in [1.54, 1.807) is 24.5 Å². The van der Waals surface area contributed by atoms with Crippen LogP contribution in [0, 0.1) is 12.7 Å². The van der Waals surface area contributed by atoms with Gasteiger partial charge in [0, 0.05) is 22.2 Å². The van der Waals surface area contributed by atoms with E-state index in [0.717, 1.165) is 33.7 Å². The Bertz CT molecular complexity index is 886. The minimum atomic E-state index is -0.183. The van der Waals surface area contributed by atoms with Crippen molar-refractivity contribution < 1.29 is 9.13 Å². The maximum absolute atomic E-state index is 13.6. The van der Waals surface area contributed by atoms with Crippen molar-refractivity contribution in [3.63, 3.8) is 0 Å². The van der Waals surface area contributed by atoms with Crippen molar-refractivity contribution in [2.45, 2.75) is 11.8 Å². The van der Waals surface area contributed by atoms with Crippen molar-refractivity contribution in [3.05, 3.63) is 59.4 Å². The summed E-state index contributed by atoms with van der Waals surface area (Å²) < 4.78 is 22.6. The van der Waals surface area contributed by atoms with Crippen LogP contribution in [0.2, 0.25) is 0 Å². The zero-order chi connectivity index (χ0) is 17.2. The van der Waals surface area contributed by atoms with Gasteiger partial charge < -0.3 is 14.4 Å². The molecule has 0 saturated heterocycles. The number of anilines is 3. The maximum Gasteiger partial charge on any atom is 0.192 e. The summed E-state index contributed by atoms with van der Waals surface area (Å²) in [5.41, 5.74) is 2.62. The molecule has 2 heterocycles. The number of aryl methyl sites for hydroxylation is 1. The average Bonchev–Trinajstić information content (AvgIpc) is 3.15. The van der Waals surface area contributed by atoms with E-state index >= 15 is 0 Å². The van der Waals surface area contributed by atoms with E-state index in [2.05, 4.69) is 14.6 Å². The first kappa shape index (κ1) is 16.2. The van der Waals surface area contributed by atoms with Gasteiger partial charge in [0.25, 0.3) is 0 Å². The zero-order valence-electron chi connectivity index (χ0n) is 13.5. The fourth-order valence-corrected chi connectivity index (χ4v) is 3.95. The molecule has 3 aromatic rings. The first-order valence-electron chi connectivity index (χ1n) is 7.83. The molecular weight excluding hydrogens is 357 g/mol. The third kappa shape index (κ3) is 3.43. The van der Waals surface area contributed by atoms with Gasteiger partial charge in [-0.05, 0) is 60.8 Å². The predicted octanol–water partition coefficient (Wildman–Crippen LogP) is 5.24. The second kappa shape index (κ2) is 6.93. The molecule has 0 radical (unpaired) electrons. The van der Waals surface area contributed by atoms with Crippen LogP contribution in [0.1, 0.15) is 5.56 Å². The van der Waals surface area contributed by atoms with Crippen molar-refractivity contribution in [3.8, 4) is 5.75 Å². The molecule has 1 aliphatic heterocycles. The minimum Gasteiger partial charge on any atom is -0.489 e. The number of halogens is 1. The number of thiazole rings is 1. The Morgan fingerprint density at radius 2 is 2.20 bits per heavy atom. The monoisotopic (exact) mass is 373 g/mol. The number of aromatic nitrogens is 1. The van der Waals surface area contributed by atoms with Crippen LogP contribution in [0.5, 0.6) is 5.75 Å². The van der Waals surface area contributed by atoms with E-state index in [4.69, 9.17) is 4.74 Å². The molecule has 0 spiro atoms. The molecule has 0 saturated carbocycles. The molecule has 1 aliphatic rings. The summed E-state index contributed by atoms with van der Waals surface area (Å²) in [5.74, 6) is 0.649. The Morgan fingerprint density at radius 3 is 3.00 bits per heavy atom. The maximum atomic E-state index is 13.6. The molecule has 0 aliphatic carbocycles.